The number of nitrogens with one attached hydrogen (secondary N) is 2. The molecular weight excluding hydrogens is 450 g/mol. The molecule has 0 heterocycles. The first-order chi connectivity index (χ1) is 16.3. The molecule has 0 spiro atoms. The van der Waals surface area contributed by atoms with Crippen LogP contribution < -0.4 is 15.5 Å². The zero-order chi connectivity index (χ0) is 24.5. The number of ether oxygens (including phenoxy) is 1. The summed E-state index contributed by atoms with van der Waals surface area (Å²) in [6, 6.07) is 21.3. The maximum absolute atomic E-state index is 12.7. The highest BCUT2D eigenvalue weighted by molar-refractivity contribution is 6.31. The van der Waals surface area contributed by atoms with Crippen LogP contribution in [0.1, 0.15) is 40.9 Å². The lowest BCUT2D eigenvalue weighted by Gasteiger charge is -2.20. The van der Waals surface area contributed by atoms with E-state index < -0.39 is 11.9 Å². The highest BCUT2D eigenvalue weighted by Gasteiger charge is 2.24. The largest absolute Gasteiger partial charge is 0.488 e. The van der Waals surface area contributed by atoms with Gasteiger partial charge in [-0.2, -0.15) is 5.10 Å². The van der Waals surface area contributed by atoms with Gasteiger partial charge >= 0.3 is 0 Å². The molecule has 0 saturated heterocycles. The summed E-state index contributed by atoms with van der Waals surface area (Å²) in [5, 5.41) is 7.51. The van der Waals surface area contributed by atoms with E-state index in [2.05, 4.69) is 15.8 Å². The average Bonchev–Trinajstić information content (AvgIpc) is 2.82. The quantitative estimate of drug-likeness (QED) is 0.331. The van der Waals surface area contributed by atoms with E-state index in [-0.39, 0.29) is 11.8 Å². The molecule has 1 atom stereocenters. The van der Waals surface area contributed by atoms with Crippen LogP contribution in [0.25, 0.3) is 0 Å². The second-order valence-corrected chi connectivity index (χ2v) is 8.62. The lowest BCUT2D eigenvalue weighted by atomic mass is 10.0. The number of hydrogen-bond donors (Lipinski definition) is 2. The topological polar surface area (TPSA) is 79.8 Å². The van der Waals surface area contributed by atoms with Crippen LogP contribution in [0.15, 0.2) is 77.9 Å². The molecule has 3 rings (SSSR count). The molecule has 3 aromatic rings. The highest BCUT2D eigenvalue weighted by Crippen LogP contribution is 2.21. The zero-order valence-corrected chi connectivity index (χ0v) is 20.2. The van der Waals surface area contributed by atoms with Crippen molar-refractivity contribution in [3.8, 4) is 5.75 Å². The van der Waals surface area contributed by atoms with E-state index in [1.54, 1.807) is 12.1 Å². The normalized spacial score (nSPS) is 11.9. The van der Waals surface area contributed by atoms with Gasteiger partial charge in [0.1, 0.15) is 18.4 Å². The van der Waals surface area contributed by atoms with Gasteiger partial charge < -0.3 is 10.1 Å². The van der Waals surface area contributed by atoms with Gasteiger partial charge in [-0.3, -0.25) is 9.59 Å². The molecule has 2 amide bonds. The molecule has 0 aromatic heterocycles. The Morgan fingerprint density at radius 2 is 1.68 bits per heavy atom. The van der Waals surface area contributed by atoms with Gasteiger partial charge in [0.05, 0.1) is 6.21 Å². The van der Waals surface area contributed by atoms with Crippen molar-refractivity contribution >= 4 is 29.6 Å². The first-order valence-corrected chi connectivity index (χ1v) is 11.4. The minimum atomic E-state index is -0.738. The van der Waals surface area contributed by atoms with Crippen LogP contribution in [0.5, 0.6) is 5.75 Å². The van der Waals surface area contributed by atoms with E-state index in [9.17, 15) is 9.59 Å². The van der Waals surface area contributed by atoms with Gasteiger partial charge in [0.25, 0.3) is 11.8 Å². The molecule has 1 unspecified atom stereocenters. The molecule has 0 aliphatic carbocycles. The third-order valence-electron chi connectivity index (χ3n) is 5.19. The SMILES string of the molecule is Cc1ccc(C(=O)NC(C(=O)N/N=C/c2ccccc2OCc2ccccc2Cl)C(C)C)cc1. The maximum Gasteiger partial charge on any atom is 0.262 e. The third-order valence-corrected chi connectivity index (χ3v) is 5.56. The van der Waals surface area contributed by atoms with Crippen molar-refractivity contribution in [1.82, 2.24) is 10.7 Å². The number of halogens is 1. The van der Waals surface area contributed by atoms with E-state index in [0.717, 1.165) is 11.1 Å². The van der Waals surface area contributed by atoms with Crippen LogP contribution in [0.4, 0.5) is 0 Å². The molecule has 0 radical (unpaired) electrons. The highest BCUT2D eigenvalue weighted by atomic mass is 35.5. The Morgan fingerprint density at radius 3 is 2.38 bits per heavy atom. The van der Waals surface area contributed by atoms with Gasteiger partial charge in [0.2, 0.25) is 0 Å². The smallest absolute Gasteiger partial charge is 0.262 e. The van der Waals surface area contributed by atoms with Gasteiger partial charge in [-0.25, -0.2) is 5.43 Å². The first kappa shape index (κ1) is 25.0. The first-order valence-electron chi connectivity index (χ1n) is 11.0. The molecule has 7 heteroatoms. The molecule has 6 nitrogen and oxygen atoms in total. The molecule has 0 aliphatic heterocycles. The number of benzene rings is 3. The van der Waals surface area contributed by atoms with E-state index in [4.69, 9.17) is 16.3 Å². The molecule has 3 aromatic carbocycles. The molecule has 0 fully saturated rings. The number of hydrogen-bond acceptors (Lipinski definition) is 4. The van der Waals surface area contributed by atoms with E-state index in [1.807, 2.05) is 81.4 Å². The molecule has 34 heavy (non-hydrogen) atoms. The Bertz CT molecular complexity index is 1160. The number of carbonyl (C=O) groups is 2. The van der Waals surface area contributed by atoms with E-state index in [0.29, 0.717) is 28.5 Å². The van der Waals surface area contributed by atoms with Crippen LogP contribution in [0, 0.1) is 12.8 Å². The van der Waals surface area contributed by atoms with E-state index in [1.165, 1.54) is 6.21 Å². The van der Waals surface area contributed by atoms with Crippen molar-refractivity contribution in [2.45, 2.75) is 33.4 Å². The minimum Gasteiger partial charge on any atom is -0.488 e. The van der Waals surface area contributed by atoms with Gasteiger partial charge in [-0.1, -0.05) is 73.5 Å². The summed E-state index contributed by atoms with van der Waals surface area (Å²) < 4.78 is 5.91. The predicted octanol–water partition coefficient (Wildman–Crippen LogP) is 5.13. The second-order valence-electron chi connectivity index (χ2n) is 8.21. The Kier molecular flexibility index (Phi) is 8.82. The number of amides is 2. The van der Waals surface area contributed by atoms with Crippen molar-refractivity contribution in [3.63, 3.8) is 0 Å². The van der Waals surface area contributed by atoms with Crippen LogP contribution in [-0.2, 0) is 11.4 Å². The van der Waals surface area contributed by atoms with E-state index >= 15 is 0 Å². The number of aryl methyl sites for hydroxylation is 1. The Hall–Kier alpha value is -3.64. The van der Waals surface area contributed by atoms with Crippen LogP contribution in [0.3, 0.4) is 0 Å². The lowest BCUT2D eigenvalue weighted by molar-refractivity contribution is -0.123. The van der Waals surface area contributed by atoms with Crippen molar-refractivity contribution < 1.29 is 14.3 Å². The third kappa shape index (κ3) is 6.93. The summed E-state index contributed by atoms with van der Waals surface area (Å²) in [6.45, 7) is 5.98. The summed E-state index contributed by atoms with van der Waals surface area (Å²) in [5.41, 5.74) is 5.64. The summed E-state index contributed by atoms with van der Waals surface area (Å²) in [7, 11) is 0. The Labute approximate surface area is 205 Å². The molecule has 176 valence electrons. The standard InChI is InChI=1S/C27H28ClN3O3/c1-18(2)25(30-26(32)20-14-12-19(3)13-15-20)27(33)31-29-16-21-8-5-7-11-24(21)34-17-22-9-4-6-10-23(22)28/h4-16,18,25H,17H2,1-3H3,(H,30,32)(H,31,33)/b29-16+. The summed E-state index contributed by atoms with van der Waals surface area (Å²) in [5.74, 6) is -0.235. The van der Waals surface area contributed by atoms with Crippen molar-refractivity contribution in [2.24, 2.45) is 11.0 Å². The lowest BCUT2D eigenvalue weighted by Crippen LogP contribution is -2.48. The Morgan fingerprint density at radius 1 is 1.00 bits per heavy atom. The van der Waals surface area contributed by atoms with Gasteiger partial charge in [-0.15, -0.1) is 0 Å². The number of nitrogens with zero attached hydrogens (tertiary/aromatic N) is 1. The van der Waals surface area contributed by atoms with Crippen molar-refractivity contribution in [1.29, 1.82) is 0 Å². The predicted molar refractivity (Wildman–Crippen MR) is 135 cm³/mol. The van der Waals surface area contributed by atoms with Crippen molar-refractivity contribution in [3.05, 3.63) is 100 Å². The Balaban J connectivity index is 1.63. The van der Waals surface area contributed by atoms with Crippen molar-refractivity contribution in [2.75, 3.05) is 0 Å². The summed E-state index contributed by atoms with van der Waals surface area (Å²) >= 11 is 6.20. The summed E-state index contributed by atoms with van der Waals surface area (Å²) in [4.78, 5) is 25.3. The summed E-state index contributed by atoms with van der Waals surface area (Å²) in [6.07, 6.45) is 1.51. The number of para-hydroxylation sites is 1. The monoisotopic (exact) mass is 477 g/mol. The van der Waals surface area contributed by atoms with Gasteiger partial charge in [-0.05, 0) is 43.2 Å². The fourth-order valence-corrected chi connectivity index (χ4v) is 3.38. The average molecular weight is 478 g/mol. The molecule has 0 saturated carbocycles. The van der Waals surface area contributed by atoms with Crippen LogP contribution in [-0.4, -0.2) is 24.1 Å². The molecule has 2 N–H and O–H groups in total. The second kappa shape index (κ2) is 12.0. The fraction of sp³-hybridized carbons (Fsp3) is 0.222. The maximum atomic E-state index is 12.7. The van der Waals surface area contributed by atoms with Crippen LogP contribution in [0.2, 0.25) is 5.02 Å². The zero-order valence-electron chi connectivity index (χ0n) is 19.4. The molecule has 0 aliphatic rings. The molecular formula is C27H28ClN3O3. The molecule has 0 bridgehead atoms. The number of carbonyl (C=O) groups excluding carboxylic acids is 2. The minimum absolute atomic E-state index is 0.129. The van der Waals surface area contributed by atoms with Gasteiger partial charge in [0.15, 0.2) is 0 Å². The number of hydrazone groups is 1. The van der Waals surface area contributed by atoms with Crippen LogP contribution >= 0.6 is 11.6 Å². The van der Waals surface area contributed by atoms with Gasteiger partial charge in [0, 0.05) is 21.7 Å². The number of rotatable bonds is 9. The fourth-order valence-electron chi connectivity index (χ4n) is 3.19.